The molecule has 0 bridgehead atoms. The summed E-state index contributed by atoms with van der Waals surface area (Å²) in [4.78, 5) is 22.7. The number of aromatic nitrogens is 4. The predicted octanol–water partition coefficient (Wildman–Crippen LogP) is 4.80. The number of H-pyrrole nitrogens is 1. The van der Waals surface area contributed by atoms with Gasteiger partial charge in [-0.05, 0) is 29.3 Å². The zero-order chi connectivity index (χ0) is 27.1. The van der Waals surface area contributed by atoms with Gasteiger partial charge in [-0.2, -0.15) is 5.10 Å². The number of pyridine rings is 1. The second-order valence-corrected chi connectivity index (χ2v) is 9.53. The Morgan fingerprint density at radius 1 is 1.00 bits per heavy atom. The van der Waals surface area contributed by atoms with Gasteiger partial charge < -0.3 is 19.2 Å². The molecule has 5 aromatic rings. The first-order chi connectivity index (χ1) is 19.7. The summed E-state index contributed by atoms with van der Waals surface area (Å²) in [6.45, 7) is 5.49. The third kappa shape index (κ3) is 6.31. The zero-order valence-electron chi connectivity index (χ0n) is 22.0. The molecule has 2 aromatic carbocycles. The molecule has 0 spiro atoms. The van der Waals surface area contributed by atoms with Crippen molar-refractivity contribution >= 4 is 22.8 Å². The van der Waals surface area contributed by atoms with Gasteiger partial charge in [0.05, 0.1) is 37.8 Å². The number of ether oxygens (including phenoxy) is 3. The quantitative estimate of drug-likeness (QED) is 0.278. The van der Waals surface area contributed by atoms with E-state index in [4.69, 9.17) is 14.2 Å². The van der Waals surface area contributed by atoms with Crippen LogP contribution in [0.15, 0.2) is 85.5 Å². The molecule has 0 aliphatic carbocycles. The van der Waals surface area contributed by atoms with Crippen LogP contribution in [0.4, 0.5) is 10.5 Å². The molecule has 0 unspecified atom stereocenters. The van der Waals surface area contributed by atoms with E-state index in [-0.39, 0.29) is 0 Å². The van der Waals surface area contributed by atoms with Gasteiger partial charge in [-0.15, -0.1) is 0 Å². The van der Waals surface area contributed by atoms with E-state index in [1.165, 1.54) is 6.20 Å². The molecule has 1 fully saturated rings. The Kier molecular flexibility index (Phi) is 7.69. The van der Waals surface area contributed by atoms with Gasteiger partial charge in [0.25, 0.3) is 0 Å². The van der Waals surface area contributed by atoms with Gasteiger partial charge in [0, 0.05) is 43.0 Å². The van der Waals surface area contributed by atoms with E-state index in [1.807, 2.05) is 60.7 Å². The van der Waals surface area contributed by atoms with E-state index in [1.54, 1.807) is 23.3 Å². The van der Waals surface area contributed by atoms with Gasteiger partial charge in [0.1, 0.15) is 18.0 Å². The smallest absolute Gasteiger partial charge is 0.417 e. The molecule has 10 heteroatoms. The normalized spacial score (nSPS) is 13.8. The Morgan fingerprint density at radius 2 is 1.88 bits per heavy atom. The van der Waals surface area contributed by atoms with Crippen LogP contribution >= 0.6 is 0 Å². The van der Waals surface area contributed by atoms with E-state index in [2.05, 4.69) is 25.3 Å². The number of morpholine rings is 1. The molecule has 1 aliphatic rings. The van der Waals surface area contributed by atoms with Crippen molar-refractivity contribution in [3.63, 3.8) is 0 Å². The molecule has 204 valence electrons. The lowest BCUT2D eigenvalue weighted by Gasteiger charge is -2.26. The van der Waals surface area contributed by atoms with Crippen molar-refractivity contribution in [3.8, 4) is 22.6 Å². The fourth-order valence-corrected chi connectivity index (χ4v) is 4.64. The van der Waals surface area contributed by atoms with Gasteiger partial charge in [-0.25, -0.2) is 9.78 Å². The van der Waals surface area contributed by atoms with Gasteiger partial charge in [-0.1, -0.05) is 42.5 Å². The molecular weight excluding hydrogens is 508 g/mol. The number of nitrogens with zero attached hydrogens (tertiary/aromatic N) is 4. The van der Waals surface area contributed by atoms with Crippen LogP contribution in [0.5, 0.6) is 11.5 Å². The minimum atomic E-state index is -0.610. The van der Waals surface area contributed by atoms with Crippen LogP contribution in [0.25, 0.3) is 22.2 Å². The van der Waals surface area contributed by atoms with Crippen molar-refractivity contribution in [1.29, 1.82) is 0 Å². The maximum absolute atomic E-state index is 12.7. The minimum Gasteiger partial charge on any atom is -0.492 e. The highest BCUT2D eigenvalue weighted by Gasteiger charge is 2.14. The topological polar surface area (TPSA) is 107 Å². The van der Waals surface area contributed by atoms with E-state index in [0.717, 1.165) is 60.7 Å². The summed E-state index contributed by atoms with van der Waals surface area (Å²) in [5.74, 6) is 1.16. The Labute approximate surface area is 231 Å². The number of nitrogens with one attached hydrogen (secondary N) is 2. The first-order valence-corrected chi connectivity index (χ1v) is 13.3. The first kappa shape index (κ1) is 25.6. The Hall–Kier alpha value is -4.67. The van der Waals surface area contributed by atoms with Crippen molar-refractivity contribution in [2.75, 3.05) is 44.8 Å². The molecule has 40 heavy (non-hydrogen) atoms. The average Bonchev–Trinajstić information content (AvgIpc) is 3.60. The largest absolute Gasteiger partial charge is 0.492 e. The molecule has 0 saturated carbocycles. The maximum Gasteiger partial charge on any atom is 0.417 e. The molecular formula is C30H30N6O4. The summed E-state index contributed by atoms with van der Waals surface area (Å²) in [5.41, 5.74) is 4.22. The van der Waals surface area contributed by atoms with Crippen LogP contribution in [0.2, 0.25) is 0 Å². The SMILES string of the molecule is O=C(Nc1c[nH]c2ncc(-c3cccc(OCCN4CCOCC4)c3)cc12)Oc1cnn(Cc2ccccc2)c1. The molecule has 2 N–H and O–H groups in total. The highest BCUT2D eigenvalue weighted by atomic mass is 16.6. The molecule has 0 atom stereocenters. The van der Waals surface area contributed by atoms with Crippen molar-refractivity contribution in [3.05, 3.63) is 91.0 Å². The van der Waals surface area contributed by atoms with Crippen LogP contribution in [0.3, 0.4) is 0 Å². The van der Waals surface area contributed by atoms with Crippen LogP contribution in [-0.4, -0.2) is 70.2 Å². The number of hydrogen-bond donors (Lipinski definition) is 2. The molecule has 4 heterocycles. The zero-order valence-corrected chi connectivity index (χ0v) is 22.0. The van der Waals surface area contributed by atoms with Crippen LogP contribution < -0.4 is 14.8 Å². The fourth-order valence-electron chi connectivity index (χ4n) is 4.64. The van der Waals surface area contributed by atoms with Crippen molar-refractivity contribution in [2.24, 2.45) is 0 Å². The van der Waals surface area contributed by atoms with E-state index >= 15 is 0 Å². The summed E-state index contributed by atoms with van der Waals surface area (Å²) in [6, 6.07) is 19.9. The summed E-state index contributed by atoms with van der Waals surface area (Å²) >= 11 is 0. The van der Waals surface area contributed by atoms with Crippen LogP contribution in [0, 0.1) is 0 Å². The molecule has 1 aliphatic heterocycles. The van der Waals surface area contributed by atoms with Gasteiger partial charge >= 0.3 is 6.09 Å². The Bertz CT molecular complexity index is 1580. The first-order valence-electron chi connectivity index (χ1n) is 13.3. The molecule has 3 aromatic heterocycles. The Balaban J connectivity index is 1.09. The summed E-state index contributed by atoms with van der Waals surface area (Å²) in [5, 5.41) is 7.87. The second kappa shape index (κ2) is 12.0. The van der Waals surface area contributed by atoms with Crippen molar-refractivity contribution < 1.29 is 19.0 Å². The second-order valence-electron chi connectivity index (χ2n) is 9.53. The third-order valence-corrected chi connectivity index (χ3v) is 6.72. The summed E-state index contributed by atoms with van der Waals surface area (Å²) in [7, 11) is 0. The van der Waals surface area contributed by atoms with Gasteiger partial charge in [0.2, 0.25) is 0 Å². The van der Waals surface area contributed by atoms with E-state index in [0.29, 0.717) is 30.2 Å². The molecule has 0 radical (unpaired) electrons. The standard InChI is InChI=1S/C30H30N6O4/c37-30(40-26-18-33-36(21-26)20-22-5-2-1-3-6-22)34-28-19-32-29-27(28)16-24(17-31-29)23-7-4-8-25(15-23)39-14-11-35-9-12-38-13-10-35/h1-8,15-19,21H,9-14,20H2,(H,31,32)(H,34,37). The van der Waals surface area contributed by atoms with Crippen LogP contribution in [-0.2, 0) is 11.3 Å². The molecule has 1 saturated heterocycles. The number of aromatic amines is 1. The number of hydrogen-bond acceptors (Lipinski definition) is 7. The monoisotopic (exact) mass is 538 g/mol. The van der Waals surface area contributed by atoms with Crippen molar-refractivity contribution in [1.82, 2.24) is 24.6 Å². The number of anilines is 1. The highest BCUT2D eigenvalue weighted by molar-refractivity contribution is 6.00. The Morgan fingerprint density at radius 3 is 2.75 bits per heavy atom. The molecule has 6 rings (SSSR count). The number of carbonyl (C=O) groups is 1. The fraction of sp³-hybridized carbons (Fsp3) is 0.233. The third-order valence-electron chi connectivity index (χ3n) is 6.72. The maximum atomic E-state index is 12.7. The lowest BCUT2D eigenvalue weighted by Crippen LogP contribution is -2.38. The lowest BCUT2D eigenvalue weighted by molar-refractivity contribution is 0.0322. The number of amides is 1. The number of benzene rings is 2. The number of fused-ring (bicyclic) bond motifs is 1. The van der Waals surface area contributed by atoms with E-state index < -0.39 is 6.09 Å². The van der Waals surface area contributed by atoms with Gasteiger partial charge in [0.15, 0.2) is 5.75 Å². The minimum absolute atomic E-state index is 0.359. The summed E-state index contributed by atoms with van der Waals surface area (Å²) in [6.07, 6.45) is 6.10. The molecule has 10 nitrogen and oxygen atoms in total. The van der Waals surface area contributed by atoms with E-state index in [9.17, 15) is 4.79 Å². The average molecular weight is 539 g/mol. The molecule has 1 amide bonds. The predicted molar refractivity (Wildman–Crippen MR) is 152 cm³/mol. The number of carbonyl (C=O) groups excluding carboxylic acids is 1. The summed E-state index contributed by atoms with van der Waals surface area (Å²) < 4.78 is 18.6. The van der Waals surface area contributed by atoms with Crippen molar-refractivity contribution in [2.45, 2.75) is 6.54 Å². The lowest BCUT2D eigenvalue weighted by atomic mass is 10.1. The van der Waals surface area contributed by atoms with Crippen LogP contribution in [0.1, 0.15) is 5.56 Å². The number of rotatable bonds is 9. The highest BCUT2D eigenvalue weighted by Crippen LogP contribution is 2.29. The van der Waals surface area contributed by atoms with Gasteiger partial charge in [-0.3, -0.25) is 14.9 Å².